The molecule has 1 aliphatic heterocycles. The molecule has 1 fully saturated rings. The predicted octanol–water partition coefficient (Wildman–Crippen LogP) is 1.27. The van der Waals surface area contributed by atoms with Crippen molar-refractivity contribution in [1.82, 2.24) is 15.5 Å². The minimum absolute atomic E-state index is 0.387. The van der Waals surface area contributed by atoms with Gasteiger partial charge in [0, 0.05) is 6.54 Å². The number of urea groups is 1. The Bertz CT molecular complexity index is 341. The molecule has 0 saturated carbocycles. The van der Waals surface area contributed by atoms with Crippen molar-refractivity contribution in [2.75, 3.05) is 26.7 Å². The van der Waals surface area contributed by atoms with Crippen molar-refractivity contribution in [3.05, 3.63) is 0 Å². The Balaban J connectivity index is 2.37. The van der Waals surface area contributed by atoms with Crippen LogP contribution in [0.4, 0.5) is 4.79 Å². The summed E-state index contributed by atoms with van der Waals surface area (Å²) < 4.78 is 0. The summed E-state index contributed by atoms with van der Waals surface area (Å²) in [7, 11) is 2.10. The van der Waals surface area contributed by atoms with Crippen LogP contribution in [0.25, 0.3) is 0 Å². The average molecular weight is 285 g/mol. The summed E-state index contributed by atoms with van der Waals surface area (Å²) in [6.45, 7) is 6.17. The maximum atomic E-state index is 11.8. The number of nitrogens with one attached hydrogen (secondary N) is 2. The molecule has 0 aromatic heterocycles. The van der Waals surface area contributed by atoms with Gasteiger partial charge in [0.05, 0.1) is 0 Å². The summed E-state index contributed by atoms with van der Waals surface area (Å²) in [5.74, 6) is -0.506. The third-order valence-corrected chi connectivity index (χ3v) is 4.00. The third kappa shape index (κ3) is 5.00. The molecule has 1 unspecified atom stereocenters. The molecule has 1 aliphatic rings. The minimum atomic E-state index is -1.19. The lowest BCUT2D eigenvalue weighted by molar-refractivity contribution is -0.144. The van der Waals surface area contributed by atoms with E-state index in [1.165, 1.54) is 0 Å². The molecule has 1 saturated heterocycles. The van der Waals surface area contributed by atoms with Gasteiger partial charge in [0.15, 0.2) is 0 Å². The molecule has 0 radical (unpaired) electrons. The van der Waals surface area contributed by atoms with E-state index in [9.17, 15) is 14.7 Å². The van der Waals surface area contributed by atoms with Gasteiger partial charge in [-0.05, 0) is 52.2 Å². The molecule has 3 N–H and O–H groups in total. The molecule has 116 valence electrons. The van der Waals surface area contributed by atoms with Crippen LogP contribution < -0.4 is 10.6 Å². The van der Waals surface area contributed by atoms with Crippen LogP contribution in [0.3, 0.4) is 0 Å². The van der Waals surface area contributed by atoms with E-state index in [0.717, 1.165) is 25.9 Å². The van der Waals surface area contributed by atoms with E-state index in [2.05, 4.69) is 22.6 Å². The average Bonchev–Trinajstić information content (AvgIpc) is 2.38. The first kappa shape index (κ1) is 16.8. The molecular formula is C14H27N3O3. The summed E-state index contributed by atoms with van der Waals surface area (Å²) in [4.78, 5) is 25.4. The van der Waals surface area contributed by atoms with Gasteiger partial charge >= 0.3 is 12.0 Å². The molecule has 0 aromatic carbocycles. The number of carbonyl (C=O) groups is 2. The van der Waals surface area contributed by atoms with E-state index in [0.29, 0.717) is 25.3 Å². The summed E-state index contributed by atoms with van der Waals surface area (Å²) in [6.07, 6.45) is 3.27. The zero-order valence-electron chi connectivity index (χ0n) is 12.7. The Morgan fingerprint density at radius 3 is 2.45 bits per heavy atom. The highest BCUT2D eigenvalue weighted by molar-refractivity contribution is 5.85. The van der Waals surface area contributed by atoms with Gasteiger partial charge in [0.2, 0.25) is 0 Å². The minimum Gasteiger partial charge on any atom is -0.480 e. The predicted molar refractivity (Wildman–Crippen MR) is 77.7 cm³/mol. The number of carboxylic acids is 1. The number of carboxylic acid groups (broad SMARTS) is 1. The quantitative estimate of drug-likeness (QED) is 0.686. The van der Waals surface area contributed by atoms with E-state index in [1.54, 1.807) is 6.92 Å². The van der Waals surface area contributed by atoms with Crippen LogP contribution in [0.2, 0.25) is 0 Å². The Morgan fingerprint density at radius 1 is 1.35 bits per heavy atom. The van der Waals surface area contributed by atoms with Crippen molar-refractivity contribution in [2.24, 2.45) is 5.92 Å². The first-order valence-corrected chi connectivity index (χ1v) is 7.35. The molecule has 20 heavy (non-hydrogen) atoms. The van der Waals surface area contributed by atoms with E-state index >= 15 is 0 Å². The van der Waals surface area contributed by atoms with E-state index in [4.69, 9.17) is 0 Å². The lowest BCUT2D eigenvalue weighted by Gasteiger charge is -2.30. The van der Waals surface area contributed by atoms with Crippen LogP contribution in [0, 0.1) is 5.92 Å². The van der Waals surface area contributed by atoms with Gasteiger partial charge in [-0.25, -0.2) is 9.59 Å². The van der Waals surface area contributed by atoms with E-state index in [-0.39, 0.29) is 6.03 Å². The van der Waals surface area contributed by atoms with Gasteiger partial charge in [0.25, 0.3) is 0 Å². The van der Waals surface area contributed by atoms with Gasteiger partial charge in [-0.15, -0.1) is 0 Å². The molecule has 0 aromatic rings. The van der Waals surface area contributed by atoms with Crippen LogP contribution in [0.1, 0.15) is 39.5 Å². The van der Waals surface area contributed by atoms with Crippen LogP contribution in [-0.2, 0) is 4.79 Å². The number of aliphatic carboxylic acids is 1. The smallest absolute Gasteiger partial charge is 0.329 e. The number of rotatable bonds is 6. The molecule has 6 nitrogen and oxygen atoms in total. The van der Waals surface area contributed by atoms with Crippen molar-refractivity contribution in [3.8, 4) is 0 Å². The maximum Gasteiger partial charge on any atom is 0.329 e. The van der Waals surface area contributed by atoms with E-state index in [1.807, 2.05) is 6.92 Å². The second-order valence-electron chi connectivity index (χ2n) is 5.97. The topological polar surface area (TPSA) is 81.7 Å². The number of likely N-dealkylation sites (tertiary alicyclic amines) is 1. The summed E-state index contributed by atoms with van der Waals surface area (Å²) in [6, 6.07) is -0.387. The van der Waals surface area contributed by atoms with Crippen molar-refractivity contribution >= 4 is 12.0 Å². The molecule has 0 aliphatic carbocycles. The van der Waals surface area contributed by atoms with E-state index < -0.39 is 11.5 Å². The van der Waals surface area contributed by atoms with Gasteiger partial charge in [0.1, 0.15) is 5.54 Å². The summed E-state index contributed by atoms with van der Waals surface area (Å²) >= 11 is 0. The molecule has 0 bridgehead atoms. The van der Waals surface area contributed by atoms with Crippen LogP contribution in [0.5, 0.6) is 0 Å². The largest absolute Gasteiger partial charge is 0.480 e. The van der Waals surface area contributed by atoms with Crippen molar-refractivity contribution in [1.29, 1.82) is 0 Å². The molecule has 0 spiro atoms. The van der Waals surface area contributed by atoms with Crippen molar-refractivity contribution in [3.63, 3.8) is 0 Å². The molecular weight excluding hydrogens is 258 g/mol. The number of nitrogens with zero attached hydrogens (tertiary/aromatic N) is 1. The second kappa shape index (κ2) is 7.47. The molecule has 6 heteroatoms. The normalized spacial score (nSPS) is 20.1. The number of hydrogen-bond donors (Lipinski definition) is 3. The lowest BCUT2D eigenvalue weighted by Crippen LogP contribution is -2.55. The molecule has 1 rings (SSSR count). The second-order valence-corrected chi connectivity index (χ2v) is 5.97. The number of piperidine rings is 1. The number of carbonyl (C=O) groups excluding carboxylic acids is 1. The van der Waals surface area contributed by atoms with Crippen molar-refractivity contribution < 1.29 is 14.7 Å². The highest BCUT2D eigenvalue weighted by atomic mass is 16.4. The first-order valence-electron chi connectivity index (χ1n) is 7.35. The Morgan fingerprint density at radius 2 is 1.95 bits per heavy atom. The van der Waals surface area contributed by atoms with Crippen LogP contribution >= 0.6 is 0 Å². The van der Waals surface area contributed by atoms with Crippen LogP contribution in [0.15, 0.2) is 0 Å². The lowest BCUT2D eigenvalue weighted by atomic mass is 9.96. The van der Waals surface area contributed by atoms with Gasteiger partial charge < -0.3 is 20.6 Å². The fourth-order valence-corrected chi connectivity index (χ4v) is 2.52. The third-order valence-electron chi connectivity index (χ3n) is 4.00. The fourth-order valence-electron chi connectivity index (χ4n) is 2.52. The highest BCUT2D eigenvalue weighted by Crippen LogP contribution is 2.15. The number of hydrogen-bond acceptors (Lipinski definition) is 3. The van der Waals surface area contributed by atoms with Gasteiger partial charge in [-0.1, -0.05) is 13.3 Å². The zero-order chi connectivity index (χ0) is 15.2. The Labute approximate surface area is 120 Å². The van der Waals surface area contributed by atoms with Crippen molar-refractivity contribution in [2.45, 2.75) is 45.1 Å². The highest BCUT2D eigenvalue weighted by Gasteiger charge is 2.33. The molecule has 1 atom stereocenters. The zero-order valence-corrected chi connectivity index (χ0v) is 12.7. The molecule has 2 amide bonds. The van der Waals surface area contributed by atoms with Gasteiger partial charge in [-0.3, -0.25) is 0 Å². The maximum absolute atomic E-state index is 11.8. The number of amides is 2. The molecule has 1 heterocycles. The summed E-state index contributed by atoms with van der Waals surface area (Å²) in [5.41, 5.74) is -1.19. The first-order chi connectivity index (χ1) is 9.37. The standard InChI is InChI=1S/C14H27N3O3/c1-4-7-14(2,12(18)19)16-13(20)15-10-11-5-8-17(3)9-6-11/h11H,4-10H2,1-3H3,(H,18,19)(H2,15,16,20). The Hall–Kier alpha value is -1.30. The Kier molecular flexibility index (Phi) is 6.26. The van der Waals surface area contributed by atoms with Gasteiger partial charge in [-0.2, -0.15) is 0 Å². The monoisotopic (exact) mass is 285 g/mol. The SMILES string of the molecule is CCCC(C)(NC(=O)NCC1CCN(C)CC1)C(=O)O. The van der Waals surface area contributed by atoms with Crippen LogP contribution in [-0.4, -0.2) is 54.2 Å². The summed E-state index contributed by atoms with van der Waals surface area (Å²) in [5, 5.41) is 14.6. The fraction of sp³-hybridized carbons (Fsp3) is 0.857.